The SMILES string of the molecule is COc1ccc(CN(C)c2ccc3c(N4CCC(OC(N)=O)C4)nccc3c2)c(OC)c1. The summed E-state index contributed by atoms with van der Waals surface area (Å²) >= 11 is 0. The van der Waals surface area contributed by atoms with Crippen molar-refractivity contribution in [1.29, 1.82) is 0 Å². The molecular formula is C24H28N4O4. The molecule has 8 heteroatoms. The van der Waals surface area contributed by atoms with E-state index in [0.29, 0.717) is 13.1 Å². The molecule has 2 N–H and O–H groups in total. The van der Waals surface area contributed by atoms with Gasteiger partial charge in [0, 0.05) is 55.5 Å². The van der Waals surface area contributed by atoms with Crippen LogP contribution < -0.4 is 25.0 Å². The number of aromatic nitrogens is 1. The molecular weight excluding hydrogens is 408 g/mol. The fourth-order valence-electron chi connectivity index (χ4n) is 4.15. The first-order chi connectivity index (χ1) is 15.5. The van der Waals surface area contributed by atoms with E-state index in [-0.39, 0.29) is 6.10 Å². The molecule has 2 aromatic carbocycles. The number of nitrogens with two attached hydrogens (primary N) is 1. The molecule has 4 rings (SSSR count). The van der Waals surface area contributed by atoms with Crippen LogP contribution in [0.25, 0.3) is 10.8 Å². The van der Waals surface area contributed by atoms with Crippen molar-refractivity contribution in [3.63, 3.8) is 0 Å². The maximum atomic E-state index is 11.1. The molecule has 0 radical (unpaired) electrons. The summed E-state index contributed by atoms with van der Waals surface area (Å²) < 4.78 is 16.0. The van der Waals surface area contributed by atoms with Gasteiger partial charge in [0.1, 0.15) is 23.4 Å². The Kier molecular flexibility index (Phi) is 6.20. The smallest absolute Gasteiger partial charge is 0.404 e. The van der Waals surface area contributed by atoms with Gasteiger partial charge in [-0.25, -0.2) is 9.78 Å². The number of pyridine rings is 1. The summed E-state index contributed by atoms with van der Waals surface area (Å²) in [5, 5.41) is 2.16. The largest absolute Gasteiger partial charge is 0.497 e. The Morgan fingerprint density at radius 1 is 1.19 bits per heavy atom. The predicted octanol–water partition coefficient (Wildman–Crippen LogP) is 3.56. The molecule has 1 aliphatic heterocycles. The van der Waals surface area contributed by atoms with E-state index in [9.17, 15) is 4.79 Å². The quantitative estimate of drug-likeness (QED) is 0.606. The standard InChI is InChI=1S/C24H28N4O4/c1-27(14-17-4-6-19(30-2)13-22(17)31-3)18-5-7-21-16(12-18)8-10-26-23(21)28-11-9-20(15-28)32-24(25)29/h4-8,10,12-13,20H,9,11,14-15H2,1-3H3,(H2,25,29). The van der Waals surface area contributed by atoms with Crippen molar-refractivity contribution in [3.05, 3.63) is 54.2 Å². The molecule has 1 unspecified atom stereocenters. The summed E-state index contributed by atoms with van der Waals surface area (Å²) in [5.41, 5.74) is 7.33. The highest BCUT2D eigenvalue weighted by molar-refractivity contribution is 5.94. The maximum absolute atomic E-state index is 11.1. The summed E-state index contributed by atoms with van der Waals surface area (Å²) in [4.78, 5) is 20.0. The monoisotopic (exact) mass is 436 g/mol. The maximum Gasteiger partial charge on any atom is 0.404 e. The minimum absolute atomic E-state index is 0.200. The van der Waals surface area contributed by atoms with Gasteiger partial charge in [-0.15, -0.1) is 0 Å². The number of primary amides is 1. The second-order valence-electron chi connectivity index (χ2n) is 7.87. The molecule has 168 valence electrons. The number of amides is 1. The molecule has 1 saturated heterocycles. The van der Waals surface area contributed by atoms with Crippen LogP contribution in [0.4, 0.5) is 16.3 Å². The normalized spacial score (nSPS) is 15.6. The molecule has 3 aromatic rings. The van der Waals surface area contributed by atoms with E-state index in [1.807, 2.05) is 30.5 Å². The average molecular weight is 437 g/mol. The number of fused-ring (bicyclic) bond motifs is 1. The van der Waals surface area contributed by atoms with E-state index < -0.39 is 6.09 Å². The summed E-state index contributed by atoms with van der Waals surface area (Å²) in [6.07, 6.45) is 1.63. The van der Waals surface area contributed by atoms with Gasteiger partial charge in [0.25, 0.3) is 0 Å². The van der Waals surface area contributed by atoms with Gasteiger partial charge in [0.15, 0.2) is 0 Å². The Bertz CT molecular complexity index is 1120. The van der Waals surface area contributed by atoms with Gasteiger partial charge in [-0.2, -0.15) is 0 Å². The van der Waals surface area contributed by atoms with Crippen molar-refractivity contribution < 1.29 is 19.0 Å². The van der Waals surface area contributed by atoms with Gasteiger partial charge < -0.3 is 29.7 Å². The fourth-order valence-corrected chi connectivity index (χ4v) is 4.15. The second kappa shape index (κ2) is 9.21. The van der Waals surface area contributed by atoms with E-state index in [0.717, 1.165) is 52.3 Å². The number of benzene rings is 2. The van der Waals surface area contributed by atoms with Gasteiger partial charge in [-0.3, -0.25) is 0 Å². The first-order valence-electron chi connectivity index (χ1n) is 10.5. The third-order valence-corrected chi connectivity index (χ3v) is 5.80. The Morgan fingerprint density at radius 3 is 2.78 bits per heavy atom. The van der Waals surface area contributed by atoms with Gasteiger partial charge in [-0.05, 0) is 41.8 Å². The number of nitrogens with zero attached hydrogens (tertiary/aromatic N) is 3. The second-order valence-corrected chi connectivity index (χ2v) is 7.87. The lowest BCUT2D eigenvalue weighted by molar-refractivity contribution is 0.117. The molecule has 8 nitrogen and oxygen atoms in total. The van der Waals surface area contributed by atoms with Crippen LogP contribution in [-0.4, -0.2) is 51.5 Å². The Labute approximate surface area is 187 Å². The lowest BCUT2D eigenvalue weighted by Crippen LogP contribution is -2.27. The van der Waals surface area contributed by atoms with E-state index >= 15 is 0 Å². The highest BCUT2D eigenvalue weighted by Gasteiger charge is 2.27. The fraction of sp³-hybridized carbons (Fsp3) is 0.333. The molecule has 1 atom stereocenters. The van der Waals surface area contributed by atoms with Gasteiger partial charge in [0.05, 0.1) is 20.8 Å². The Hall–Kier alpha value is -3.68. The van der Waals surface area contributed by atoms with Crippen LogP contribution >= 0.6 is 0 Å². The van der Waals surface area contributed by atoms with Crippen molar-refractivity contribution in [2.45, 2.75) is 19.1 Å². The average Bonchev–Trinajstić information content (AvgIpc) is 3.26. The molecule has 2 heterocycles. The van der Waals surface area contributed by atoms with Crippen LogP contribution in [0.5, 0.6) is 11.5 Å². The lowest BCUT2D eigenvalue weighted by atomic mass is 10.1. The molecule has 32 heavy (non-hydrogen) atoms. The number of anilines is 2. The summed E-state index contributed by atoms with van der Waals surface area (Å²) in [5.74, 6) is 2.46. The van der Waals surface area contributed by atoms with Crippen molar-refractivity contribution in [3.8, 4) is 11.5 Å². The van der Waals surface area contributed by atoms with E-state index in [4.69, 9.17) is 19.9 Å². The van der Waals surface area contributed by atoms with Crippen LogP contribution in [0.2, 0.25) is 0 Å². The number of ether oxygens (including phenoxy) is 3. The molecule has 1 amide bonds. The summed E-state index contributed by atoms with van der Waals surface area (Å²) in [6.45, 7) is 2.05. The number of methoxy groups -OCH3 is 2. The van der Waals surface area contributed by atoms with Gasteiger partial charge in [0.2, 0.25) is 0 Å². The first kappa shape index (κ1) is 21.5. The summed E-state index contributed by atoms with van der Waals surface area (Å²) in [6, 6.07) is 14.2. The zero-order valence-electron chi connectivity index (χ0n) is 18.6. The number of rotatable bonds is 7. The minimum atomic E-state index is -0.733. The van der Waals surface area contributed by atoms with Crippen LogP contribution in [0, 0.1) is 0 Å². The van der Waals surface area contributed by atoms with Crippen molar-refractivity contribution in [2.24, 2.45) is 5.73 Å². The Morgan fingerprint density at radius 2 is 2.03 bits per heavy atom. The van der Waals surface area contributed by atoms with Crippen LogP contribution in [0.1, 0.15) is 12.0 Å². The van der Waals surface area contributed by atoms with E-state index in [1.54, 1.807) is 14.2 Å². The molecule has 0 aliphatic carbocycles. The highest BCUT2D eigenvalue weighted by Crippen LogP contribution is 2.32. The number of carbonyl (C=O) groups excluding carboxylic acids is 1. The molecule has 1 aromatic heterocycles. The number of hydrogen-bond acceptors (Lipinski definition) is 7. The third kappa shape index (κ3) is 4.49. The lowest BCUT2D eigenvalue weighted by Gasteiger charge is -2.23. The molecule has 1 aliphatic rings. The van der Waals surface area contributed by atoms with Crippen molar-refractivity contribution in [1.82, 2.24) is 4.98 Å². The van der Waals surface area contributed by atoms with Crippen LogP contribution in [-0.2, 0) is 11.3 Å². The first-order valence-corrected chi connectivity index (χ1v) is 10.5. The van der Waals surface area contributed by atoms with Gasteiger partial charge >= 0.3 is 6.09 Å². The van der Waals surface area contributed by atoms with Crippen molar-refractivity contribution >= 4 is 28.4 Å². The van der Waals surface area contributed by atoms with E-state index in [2.05, 4.69) is 40.0 Å². The van der Waals surface area contributed by atoms with Crippen LogP contribution in [0.15, 0.2) is 48.7 Å². The topological polar surface area (TPSA) is 90.2 Å². The zero-order valence-corrected chi connectivity index (χ0v) is 18.6. The predicted molar refractivity (Wildman–Crippen MR) is 125 cm³/mol. The number of carbonyl (C=O) groups is 1. The minimum Gasteiger partial charge on any atom is -0.497 e. The van der Waals surface area contributed by atoms with Gasteiger partial charge in [-0.1, -0.05) is 0 Å². The molecule has 0 bridgehead atoms. The zero-order chi connectivity index (χ0) is 22.7. The Balaban J connectivity index is 1.55. The summed E-state index contributed by atoms with van der Waals surface area (Å²) in [7, 11) is 5.37. The highest BCUT2D eigenvalue weighted by atomic mass is 16.6. The molecule has 0 spiro atoms. The van der Waals surface area contributed by atoms with Crippen LogP contribution in [0.3, 0.4) is 0 Å². The molecule has 1 fully saturated rings. The third-order valence-electron chi connectivity index (χ3n) is 5.80. The molecule has 0 saturated carbocycles. The number of hydrogen-bond donors (Lipinski definition) is 1. The van der Waals surface area contributed by atoms with E-state index in [1.165, 1.54) is 0 Å². The van der Waals surface area contributed by atoms with Crippen molar-refractivity contribution in [2.75, 3.05) is 44.2 Å².